The maximum atomic E-state index is 14.6. The molecule has 2 aromatic carbocycles. The summed E-state index contributed by atoms with van der Waals surface area (Å²) in [5.41, 5.74) is 0.775. The normalized spacial score (nSPS) is 21.2. The first kappa shape index (κ1) is 31.8. The molecule has 1 amide bonds. The zero-order valence-electron chi connectivity index (χ0n) is 25.3. The minimum absolute atomic E-state index is 0.00604. The van der Waals surface area contributed by atoms with Crippen molar-refractivity contribution in [3.8, 4) is 0 Å². The minimum Gasteiger partial charge on any atom is -0.509 e. The lowest BCUT2D eigenvalue weighted by molar-refractivity contribution is -0.130. The van der Waals surface area contributed by atoms with E-state index in [1.54, 1.807) is 11.0 Å². The van der Waals surface area contributed by atoms with Crippen molar-refractivity contribution >= 4 is 45.7 Å². The highest BCUT2D eigenvalue weighted by molar-refractivity contribution is 7.92. The van der Waals surface area contributed by atoms with Crippen molar-refractivity contribution in [1.29, 1.82) is 0 Å². The van der Waals surface area contributed by atoms with Gasteiger partial charge in [-0.2, -0.15) is 0 Å². The van der Waals surface area contributed by atoms with Crippen LogP contribution in [0.15, 0.2) is 64.6 Å². The Labute approximate surface area is 248 Å². The molecule has 0 spiro atoms. The number of hydrogen-bond acceptors (Lipinski definition) is 7. The van der Waals surface area contributed by atoms with E-state index >= 15 is 0 Å². The fourth-order valence-electron chi connectivity index (χ4n) is 5.14. The highest BCUT2D eigenvalue weighted by atomic mass is 32.2. The Morgan fingerprint density at radius 1 is 1.12 bits per heavy atom. The molecule has 12 heteroatoms. The van der Waals surface area contributed by atoms with Crippen molar-refractivity contribution in [1.82, 2.24) is 4.90 Å². The Kier molecular flexibility index (Phi) is 8.71. The largest absolute Gasteiger partial charge is 0.509 e. The number of rotatable bonds is 10. The van der Waals surface area contributed by atoms with Gasteiger partial charge < -0.3 is 20.1 Å². The summed E-state index contributed by atoms with van der Waals surface area (Å²) in [5.74, 6) is -0.511. The predicted octanol–water partition coefficient (Wildman–Crippen LogP) is 5.47. The maximum absolute atomic E-state index is 14.6. The quantitative estimate of drug-likeness (QED) is 0.301. The summed E-state index contributed by atoms with van der Waals surface area (Å²) in [6.07, 6.45) is 1.57. The molecule has 0 saturated heterocycles. The van der Waals surface area contributed by atoms with Gasteiger partial charge in [0.25, 0.3) is 5.91 Å². The van der Waals surface area contributed by atoms with Gasteiger partial charge in [0.1, 0.15) is 23.5 Å². The first-order chi connectivity index (χ1) is 19.4. The Balaban J connectivity index is 1.79. The van der Waals surface area contributed by atoms with Crippen LogP contribution < -0.4 is 15.3 Å². The summed E-state index contributed by atoms with van der Waals surface area (Å²) in [6.45, 7) is 12.7. The van der Waals surface area contributed by atoms with Crippen LogP contribution >= 0.6 is 7.29 Å². The fraction of sp³-hybridized carbons (Fsp3) is 0.467. The lowest BCUT2D eigenvalue weighted by Crippen LogP contribution is -2.48. The molecule has 0 bridgehead atoms. The summed E-state index contributed by atoms with van der Waals surface area (Å²) in [7, 11) is -7.36. The lowest BCUT2D eigenvalue weighted by atomic mass is 9.83. The van der Waals surface area contributed by atoms with E-state index in [9.17, 15) is 22.9 Å². The van der Waals surface area contributed by atoms with Gasteiger partial charge in [0.05, 0.1) is 29.9 Å². The molecule has 2 aliphatic rings. The van der Waals surface area contributed by atoms with E-state index in [-0.39, 0.29) is 46.5 Å². The minimum atomic E-state index is -3.77. The molecule has 0 aliphatic carbocycles. The van der Waals surface area contributed by atoms with E-state index in [0.717, 1.165) is 18.2 Å². The second kappa shape index (κ2) is 11.5. The van der Waals surface area contributed by atoms with Gasteiger partial charge in [-0.15, -0.1) is 0 Å². The molecule has 0 saturated carbocycles. The number of amidine groups is 1. The molecular formula is C30H41N4O6PS. The summed E-state index contributed by atoms with van der Waals surface area (Å²) in [5, 5.41) is 14.9. The number of amides is 1. The number of carbonyl (C=O) groups excluding carboxylic acids is 1. The van der Waals surface area contributed by atoms with Crippen LogP contribution in [0.3, 0.4) is 0 Å². The fourth-order valence-corrected chi connectivity index (χ4v) is 7.65. The number of anilines is 2. The van der Waals surface area contributed by atoms with E-state index in [2.05, 4.69) is 35.6 Å². The molecule has 0 aromatic heterocycles. The number of aliphatic hydroxyl groups excluding tert-OH is 1. The van der Waals surface area contributed by atoms with Crippen molar-refractivity contribution in [3.63, 3.8) is 0 Å². The SMILES string of the molecule is CCC(C)(C)CN1C(=O)C(C2=NP(=O)(COCc3ccccc3)c3cc(NS(C)(=O)=O)ccc3N2)=C(O)C1C(C)(C)C. The van der Waals surface area contributed by atoms with Crippen LogP contribution in [-0.2, 0) is 30.7 Å². The van der Waals surface area contributed by atoms with Crippen LogP contribution in [0.25, 0.3) is 0 Å². The van der Waals surface area contributed by atoms with Gasteiger partial charge in [0.2, 0.25) is 17.3 Å². The number of nitrogens with zero attached hydrogens (tertiary/aromatic N) is 2. The van der Waals surface area contributed by atoms with Gasteiger partial charge in [-0.25, -0.2) is 13.2 Å². The molecule has 2 heterocycles. The summed E-state index contributed by atoms with van der Waals surface area (Å²) in [4.78, 5) is 15.7. The summed E-state index contributed by atoms with van der Waals surface area (Å²) < 4.78 is 51.3. The van der Waals surface area contributed by atoms with Gasteiger partial charge >= 0.3 is 0 Å². The number of carbonyl (C=O) groups is 1. The molecular weight excluding hydrogens is 575 g/mol. The number of hydrogen-bond donors (Lipinski definition) is 3. The first-order valence-corrected chi connectivity index (χ1v) is 17.6. The van der Waals surface area contributed by atoms with Gasteiger partial charge in [-0.05, 0) is 41.0 Å². The third kappa shape index (κ3) is 6.90. The zero-order chi connectivity index (χ0) is 31.1. The molecule has 10 nitrogen and oxygen atoms in total. The first-order valence-electron chi connectivity index (χ1n) is 13.9. The van der Waals surface area contributed by atoms with E-state index in [0.29, 0.717) is 12.2 Å². The average Bonchev–Trinajstić information content (AvgIpc) is 3.12. The van der Waals surface area contributed by atoms with Crippen molar-refractivity contribution in [3.05, 3.63) is 65.4 Å². The number of sulfonamides is 1. The van der Waals surface area contributed by atoms with E-state index in [1.165, 1.54) is 12.1 Å². The Bertz CT molecular complexity index is 1580. The highest BCUT2D eigenvalue weighted by Gasteiger charge is 2.49. The second-order valence-electron chi connectivity index (χ2n) is 12.8. The van der Waals surface area contributed by atoms with Crippen LogP contribution in [0.5, 0.6) is 0 Å². The number of ether oxygens (including phenoxy) is 1. The van der Waals surface area contributed by atoms with Gasteiger partial charge in [-0.1, -0.05) is 71.9 Å². The molecule has 0 fully saturated rings. The van der Waals surface area contributed by atoms with Crippen LogP contribution in [0, 0.1) is 10.8 Å². The number of aliphatic hydroxyl groups is 1. The van der Waals surface area contributed by atoms with Gasteiger partial charge in [-0.3, -0.25) is 14.1 Å². The third-order valence-corrected chi connectivity index (χ3v) is 10.3. The van der Waals surface area contributed by atoms with E-state index < -0.39 is 34.7 Å². The Morgan fingerprint density at radius 3 is 2.38 bits per heavy atom. The predicted molar refractivity (Wildman–Crippen MR) is 168 cm³/mol. The zero-order valence-corrected chi connectivity index (χ0v) is 27.0. The standard InChI is InChI=1S/C30H41N4O6PS/c1-8-30(5,6)18-34-26(29(2,3)4)25(35)24(28(34)36)27-31-22-15-14-21(33-42(7,38)39)16-23(22)41(37,32-27)19-40-17-20-12-10-9-11-13-20/h9-16,26,33,35H,8,17-19H2,1-7H3,(H,31,32,37). The maximum Gasteiger partial charge on any atom is 0.261 e. The Hall–Kier alpha value is -3.14. The van der Waals surface area contributed by atoms with E-state index in [4.69, 9.17) is 4.74 Å². The molecule has 3 N–H and O–H groups in total. The molecule has 2 unspecified atom stereocenters. The van der Waals surface area contributed by atoms with Crippen LogP contribution in [0.2, 0.25) is 0 Å². The van der Waals surface area contributed by atoms with Gasteiger partial charge in [0, 0.05) is 12.2 Å². The van der Waals surface area contributed by atoms with Crippen LogP contribution in [0.1, 0.15) is 53.5 Å². The molecule has 2 aliphatic heterocycles. The number of fused-ring (bicyclic) bond motifs is 1. The average molecular weight is 617 g/mol. The monoisotopic (exact) mass is 616 g/mol. The summed E-state index contributed by atoms with van der Waals surface area (Å²) in [6, 6.07) is 13.4. The second-order valence-corrected chi connectivity index (χ2v) is 16.9. The van der Waals surface area contributed by atoms with E-state index in [1.807, 2.05) is 51.1 Å². The summed E-state index contributed by atoms with van der Waals surface area (Å²) >= 11 is 0. The number of nitrogens with one attached hydrogen (secondary N) is 2. The lowest BCUT2D eigenvalue weighted by Gasteiger charge is -2.39. The molecule has 228 valence electrons. The molecule has 2 aromatic rings. The molecule has 42 heavy (non-hydrogen) atoms. The number of benzene rings is 2. The highest BCUT2D eigenvalue weighted by Crippen LogP contribution is 2.52. The van der Waals surface area contributed by atoms with Gasteiger partial charge in [0.15, 0.2) is 0 Å². The topological polar surface area (TPSA) is 137 Å². The smallest absolute Gasteiger partial charge is 0.261 e. The van der Waals surface area contributed by atoms with Crippen molar-refractivity contribution in [2.45, 2.75) is 60.6 Å². The van der Waals surface area contributed by atoms with Crippen LogP contribution in [-0.4, -0.2) is 55.4 Å². The van der Waals surface area contributed by atoms with Crippen LogP contribution in [0.4, 0.5) is 11.4 Å². The third-order valence-electron chi connectivity index (χ3n) is 7.48. The van der Waals surface area contributed by atoms with Crippen molar-refractivity contribution < 1.29 is 27.6 Å². The Morgan fingerprint density at radius 2 is 1.79 bits per heavy atom. The molecule has 4 rings (SSSR count). The molecule has 0 radical (unpaired) electrons. The van der Waals surface area contributed by atoms with Crippen molar-refractivity contribution in [2.24, 2.45) is 15.6 Å². The van der Waals surface area contributed by atoms with Crippen molar-refractivity contribution in [2.75, 3.05) is 29.2 Å². The molecule has 2 atom stereocenters.